The summed E-state index contributed by atoms with van der Waals surface area (Å²) in [5.74, 6) is 1.39. The van der Waals surface area contributed by atoms with E-state index in [9.17, 15) is 0 Å². The number of rotatable bonds is 1. The van der Waals surface area contributed by atoms with Crippen molar-refractivity contribution in [3.05, 3.63) is 50.4 Å². The maximum absolute atomic E-state index is 6.36. The molecule has 1 N–H and O–H groups in total. The van der Waals surface area contributed by atoms with Crippen LogP contribution in [0.1, 0.15) is 17.9 Å². The van der Waals surface area contributed by atoms with E-state index in [2.05, 4.69) is 33.4 Å². The summed E-state index contributed by atoms with van der Waals surface area (Å²) in [5.41, 5.74) is 3.33. The van der Waals surface area contributed by atoms with Crippen LogP contribution >= 0.6 is 39.1 Å². The van der Waals surface area contributed by atoms with Crippen molar-refractivity contribution in [2.45, 2.75) is 18.4 Å². The molecule has 2 heterocycles. The molecule has 2 aromatic carbocycles. The molecule has 4 rings (SSSR count). The van der Waals surface area contributed by atoms with Crippen LogP contribution in [0.15, 0.2) is 34.8 Å². The highest BCUT2D eigenvalue weighted by Gasteiger charge is 2.37. The summed E-state index contributed by atoms with van der Waals surface area (Å²) in [6.07, 6.45) is 1.33. The van der Waals surface area contributed by atoms with Crippen LogP contribution in [-0.2, 0) is 0 Å². The Hall–Kier alpha value is -0.740. The van der Waals surface area contributed by atoms with Crippen molar-refractivity contribution in [3.63, 3.8) is 0 Å². The Kier molecular flexibility index (Phi) is 3.85. The molecule has 0 bridgehead atoms. The van der Waals surface area contributed by atoms with Crippen molar-refractivity contribution in [1.82, 2.24) is 5.32 Å². The molecule has 2 aliphatic rings. The van der Waals surface area contributed by atoms with Gasteiger partial charge in [0.25, 0.3) is 0 Å². The maximum atomic E-state index is 6.36. The molecule has 0 amide bonds. The number of hydrogen-bond acceptors (Lipinski definition) is 2. The minimum Gasteiger partial charge on any atom is -0.488 e. The largest absolute Gasteiger partial charge is 0.488 e. The molecule has 22 heavy (non-hydrogen) atoms. The second-order valence-electron chi connectivity index (χ2n) is 5.76. The molecule has 0 aliphatic carbocycles. The van der Waals surface area contributed by atoms with Gasteiger partial charge in [-0.3, -0.25) is 0 Å². The average molecular weight is 399 g/mol. The Morgan fingerprint density at radius 1 is 1.18 bits per heavy atom. The van der Waals surface area contributed by atoms with E-state index in [4.69, 9.17) is 27.9 Å². The highest BCUT2D eigenvalue weighted by molar-refractivity contribution is 9.10. The number of benzene rings is 2. The van der Waals surface area contributed by atoms with Gasteiger partial charge in [0, 0.05) is 33.6 Å². The molecule has 5 heteroatoms. The fraction of sp³-hybridized carbons (Fsp3) is 0.294. The van der Waals surface area contributed by atoms with E-state index in [1.54, 1.807) is 6.07 Å². The number of hydrogen-bond donors (Lipinski definition) is 1. The van der Waals surface area contributed by atoms with Crippen LogP contribution < -0.4 is 10.1 Å². The lowest BCUT2D eigenvalue weighted by Gasteiger charge is -2.24. The summed E-state index contributed by atoms with van der Waals surface area (Å²) < 4.78 is 7.13. The molecule has 0 saturated carbocycles. The maximum Gasteiger partial charge on any atom is 0.137 e. The molecule has 114 valence electrons. The SMILES string of the molecule is Clc1ccc(-c2cc(Br)c3c(c2)C2CNCCC2O3)c(Cl)c1. The zero-order valence-electron chi connectivity index (χ0n) is 11.7. The van der Waals surface area contributed by atoms with Crippen LogP contribution in [0.3, 0.4) is 0 Å². The predicted molar refractivity (Wildman–Crippen MR) is 94.2 cm³/mol. The second-order valence-corrected chi connectivity index (χ2v) is 7.45. The molecule has 2 aliphatic heterocycles. The molecular formula is C17H14BrCl2NO. The van der Waals surface area contributed by atoms with Crippen molar-refractivity contribution in [3.8, 4) is 16.9 Å². The molecule has 0 aromatic heterocycles. The number of fused-ring (bicyclic) bond motifs is 3. The normalized spacial score (nSPS) is 22.9. The van der Waals surface area contributed by atoms with E-state index in [0.29, 0.717) is 16.0 Å². The van der Waals surface area contributed by atoms with Gasteiger partial charge < -0.3 is 10.1 Å². The third-order valence-electron chi connectivity index (χ3n) is 4.40. The van der Waals surface area contributed by atoms with E-state index >= 15 is 0 Å². The smallest absolute Gasteiger partial charge is 0.137 e. The van der Waals surface area contributed by atoms with Gasteiger partial charge in [0.05, 0.1) is 4.47 Å². The zero-order chi connectivity index (χ0) is 15.3. The number of piperidine rings is 1. The first-order valence-corrected chi connectivity index (χ1v) is 8.84. The van der Waals surface area contributed by atoms with Crippen molar-refractivity contribution in [1.29, 1.82) is 0 Å². The lowest BCUT2D eigenvalue weighted by molar-refractivity contribution is 0.171. The molecule has 0 radical (unpaired) electrons. The quantitative estimate of drug-likeness (QED) is 0.707. The Bertz CT molecular complexity index is 750. The van der Waals surface area contributed by atoms with Gasteiger partial charge >= 0.3 is 0 Å². The van der Waals surface area contributed by atoms with Crippen molar-refractivity contribution >= 4 is 39.1 Å². The molecule has 2 atom stereocenters. The minimum atomic E-state index is 0.281. The lowest BCUT2D eigenvalue weighted by Crippen LogP contribution is -2.37. The topological polar surface area (TPSA) is 21.3 Å². The van der Waals surface area contributed by atoms with Gasteiger partial charge in [0.2, 0.25) is 0 Å². The second kappa shape index (κ2) is 5.72. The van der Waals surface area contributed by atoms with Crippen molar-refractivity contribution in [2.75, 3.05) is 13.1 Å². The van der Waals surface area contributed by atoms with Gasteiger partial charge in [-0.1, -0.05) is 29.3 Å². The highest BCUT2D eigenvalue weighted by Crippen LogP contribution is 2.47. The van der Waals surface area contributed by atoms with Crippen LogP contribution in [0.25, 0.3) is 11.1 Å². The summed E-state index contributed by atoms with van der Waals surface area (Å²) in [6.45, 7) is 1.98. The minimum absolute atomic E-state index is 0.281. The third-order valence-corrected chi connectivity index (χ3v) is 5.54. The lowest BCUT2D eigenvalue weighted by atomic mass is 9.89. The Labute approximate surface area is 147 Å². The van der Waals surface area contributed by atoms with Gasteiger partial charge in [-0.15, -0.1) is 0 Å². The number of ether oxygens (including phenoxy) is 1. The number of nitrogens with one attached hydrogen (secondary N) is 1. The number of halogens is 3. The molecule has 2 aromatic rings. The predicted octanol–water partition coefficient (Wildman–Crippen LogP) is 5.26. The molecule has 0 spiro atoms. The van der Waals surface area contributed by atoms with Crippen LogP contribution in [-0.4, -0.2) is 19.2 Å². The summed E-state index contributed by atoms with van der Waals surface area (Å²) in [5, 5.41) is 4.77. The Balaban J connectivity index is 1.82. The van der Waals surface area contributed by atoms with Gasteiger partial charge in [0.1, 0.15) is 11.9 Å². The first-order chi connectivity index (χ1) is 10.6. The van der Waals surface area contributed by atoms with Crippen LogP contribution in [0.5, 0.6) is 5.75 Å². The van der Waals surface area contributed by atoms with Crippen molar-refractivity contribution in [2.24, 2.45) is 0 Å². The first-order valence-electron chi connectivity index (χ1n) is 7.30. The summed E-state index contributed by atoms with van der Waals surface area (Å²) in [6, 6.07) is 9.88. The van der Waals surface area contributed by atoms with E-state index in [1.807, 2.05) is 12.1 Å². The fourth-order valence-corrected chi connectivity index (χ4v) is 4.42. The molecular weight excluding hydrogens is 385 g/mol. The summed E-state index contributed by atoms with van der Waals surface area (Å²) >= 11 is 16.0. The molecule has 2 nitrogen and oxygen atoms in total. The fourth-order valence-electron chi connectivity index (χ4n) is 3.33. The van der Waals surface area contributed by atoms with Crippen LogP contribution in [0, 0.1) is 0 Å². The van der Waals surface area contributed by atoms with Crippen LogP contribution in [0.2, 0.25) is 10.0 Å². The summed E-state index contributed by atoms with van der Waals surface area (Å²) in [7, 11) is 0. The summed E-state index contributed by atoms with van der Waals surface area (Å²) in [4.78, 5) is 0. The monoisotopic (exact) mass is 397 g/mol. The van der Waals surface area contributed by atoms with Crippen LogP contribution in [0.4, 0.5) is 0 Å². The standard InChI is InChI=1S/C17H14BrCl2NO/c18-14-6-9(11-2-1-10(19)7-15(11)20)5-12-13-8-21-4-3-16(13)22-17(12)14/h1-2,5-7,13,16,21H,3-4,8H2. The molecule has 1 fully saturated rings. The Morgan fingerprint density at radius 3 is 2.86 bits per heavy atom. The van der Waals surface area contributed by atoms with E-state index in [-0.39, 0.29) is 6.10 Å². The molecule has 2 unspecified atom stereocenters. The van der Waals surface area contributed by atoms with E-state index < -0.39 is 0 Å². The van der Waals surface area contributed by atoms with Gasteiger partial charge in [-0.2, -0.15) is 0 Å². The zero-order valence-corrected chi connectivity index (χ0v) is 14.8. The Morgan fingerprint density at radius 2 is 2.05 bits per heavy atom. The highest BCUT2D eigenvalue weighted by atomic mass is 79.9. The first kappa shape index (κ1) is 14.8. The van der Waals surface area contributed by atoms with Gasteiger partial charge in [-0.05, 0) is 58.7 Å². The van der Waals surface area contributed by atoms with Crippen molar-refractivity contribution < 1.29 is 4.74 Å². The van der Waals surface area contributed by atoms with Gasteiger partial charge in [0.15, 0.2) is 0 Å². The van der Waals surface area contributed by atoms with Gasteiger partial charge in [-0.25, -0.2) is 0 Å². The van der Waals surface area contributed by atoms with E-state index in [0.717, 1.165) is 40.9 Å². The third kappa shape index (κ3) is 2.44. The molecule has 1 saturated heterocycles. The van der Waals surface area contributed by atoms with E-state index in [1.165, 1.54) is 5.56 Å². The average Bonchev–Trinajstić information content (AvgIpc) is 2.87.